The molecule has 2 unspecified atom stereocenters. The van der Waals surface area contributed by atoms with E-state index in [-0.39, 0.29) is 11.5 Å². The summed E-state index contributed by atoms with van der Waals surface area (Å²) in [5.41, 5.74) is 0.341. The van der Waals surface area contributed by atoms with E-state index in [1.807, 2.05) is 30.6 Å². The molecule has 2 aliphatic heterocycles. The summed E-state index contributed by atoms with van der Waals surface area (Å²) in [4.78, 5) is 21.2. The van der Waals surface area contributed by atoms with Gasteiger partial charge >= 0.3 is 0 Å². The highest BCUT2D eigenvalue weighted by Crippen LogP contribution is 2.33. The van der Waals surface area contributed by atoms with Crippen LogP contribution in [0.5, 0.6) is 0 Å². The molecule has 24 heavy (non-hydrogen) atoms. The SMILES string of the molecule is C/C=C(O)\C(=C/C)C(=O)/C=C/N1CC2CC1CN2c1ccccn1. The average Bonchev–Trinajstić information content (AvgIpc) is 3.21. The van der Waals surface area contributed by atoms with Crippen LogP contribution < -0.4 is 4.90 Å². The van der Waals surface area contributed by atoms with E-state index < -0.39 is 0 Å². The summed E-state index contributed by atoms with van der Waals surface area (Å²) in [6, 6.07) is 6.83. The largest absolute Gasteiger partial charge is 0.508 e. The third kappa shape index (κ3) is 3.07. The zero-order chi connectivity index (χ0) is 17.1. The zero-order valence-corrected chi connectivity index (χ0v) is 14.1. The number of allylic oxidation sites excluding steroid dienone is 4. The van der Waals surface area contributed by atoms with Gasteiger partial charge in [0.15, 0.2) is 5.78 Å². The fourth-order valence-electron chi connectivity index (χ4n) is 3.51. The van der Waals surface area contributed by atoms with E-state index in [1.54, 1.807) is 26.0 Å². The molecule has 2 saturated heterocycles. The second-order valence-electron chi connectivity index (χ2n) is 6.14. The van der Waals surface area contributed by atoms with Crippen molar-refractivity contribution in [1.82, 2.24) is 9.88 Å². The van der Waals surface area contributed by atoms with Gasteiger partial charge in [0, 0.05) is 43.6 Å². The maximum Gasteiger partial charge on any atom is 0.190 e. The first-order valence-corrected chi connectivity index (χ1v) is 8.32. The molecule has 5 heteroatoms. The number of carbonyl (C=O) groups excluding carboxylic acids is 1. The predicted octanol–water partition coefficient (Wildman–Crippen LogP) is 2.84. The Bertz CT molecular complexity index is 694. The Balaban J connectivity index is 1.63. The van der Waals surface area contributed by atoms with E-state index in [0.29, 0.717) is 17.7 Å². The van der Waals surface area contributed by atoms with Crippen LogP contribution in [0.1, 0.15) is 20.3 Å². The molecule has 1 N–H and O–H groups in total. The number of ketones is 1. The van der Waals surface area contributed by atoms with Gasteiger partial charge in [-0.3, -0.25) is 4.79 Å². The molecule has 3 rings (SSSR count). The van der Waals surface area contributed by atoms with E-state index in [4.69, 9.17) is 0 Å². The number of rotatable bonds is 5. The minimum Gasteiger partial charge on any atom is -0.508 e. The van der Waals surface area contributed by atoms with Gasteiger partial charge in [-0.1, -0.05) is 12.1 Å². The van der Waals surface area contributed by atoms with Crippen molar-refractivity contribution in [1.29, 1.82) is 0 Å². The van der Waals surface area contributed by atoms with Gasteiger partial charge in [-0.05, 0) is 38.5 Å². The molecule has 0 radical (unpaired) electrons. The Morgan fingerprint density at radius 1 is 1.25 bits per heavy atom. The highest BCUT2D eigenvalue weighted by molar-refractivity contribution is 6.06. The van der Waals surface area contributed by atoms with Gasteiger partial charge < -0.3 is 14.9 Å². The number of nitrogens with zero attached hydrogens (tertiary/aromatic N) is 3. The number of hydrogen-bond donors (Lipinski definition) is 1. The lowest BCUT2D eigenvalue weighted by atomic mass is 10.1. The number of carbonyl (C=O) groups is 1. The molecule has 1 aromatic rings. The molecule has 0 aromatic carbocycles. The minimum absolute atomic E-state index is 0.0245. The Morgan fingerprint density at radius 3 is 2.67 bits per heavy atom. The van der Waals surface area contributed by atoms with Crippen LogP contribution in [0.15, 0.2) is 60.2 Å². The number of hydrogen-bond acceptors (Lipinski definition) is 5. The lowest BCUT2D eigenvalue weighted by Gasteiger charge is -2.34. The topological polar surface area (TPSA) is 56.7 Å². The third-order valence-electron chi connectivity index (χ3n) is 4.75. The summed E-state index contributed by atoms with van der Waals surface area (Å²) in [5, 5.41) is 9.76. The number of aliphatic hydroxyl groups is 1. The van der Waals surface area contributed by atoms with E-state index in [0.717, 1.165) is 25.3 Å². The number of piperazine rings is 1. The summed E-state index contributed by atoms with van der Waals surface area (Å²) in [5.74, 6) is 0.882. The molecule has 0 spiro atoms. The third-order valence-corrected chi connectivity index (χ3v) is 4.75. The van der Waals surface area contributed by atoms with Crippen molar-refractivity contribution in [2.24, 2.45) is 0 Å². The molecular weight excluding hydrogens is 302 g/mol. The fourth-order valence-corrected chi connectivity index (χ4v) is 3.51. The molecule has 126 valence electrons. The normalized spacial score (nSPS) is 24.2. The first kappa shape index (κ1) is 16.3. The molecule has 0 amide bonds. The Morgan fingerprint density at radius 2 is 2.08 bits per heavy atom. The summed E-state index contributed by atoms with van der Waals surface area (Å²) in [6.45, 7) is 5.29. The van der Waals surface area contributed by atoms with Gasteiger partial charge in [0.1, 0.15) is 11.6 Å². The summed E-state index contributed by atoms with van der Waals surface area (Å²) in [7, 11) is 0. The molecule has 5 nitrogen and oxygen atoms in total. The van der Waals surface area contributed by atoms with Crippen LogP contribution in [0.4, 0.5) is 5.82 Å². The Kier molecular flexibility index (Phi) is 4.69. The number of aliphatic hydroxyl groups excluding tert-OH is 1. The number of pyridine rings is 1. The van der Waals surface area contributed by atoms with Crippen molar-refractivity contribution >= 4 is 11.6 Å². The van der Waals surface area contributed by atoms with E-state index in [9.17, 15) is 9.90 Å². The van der Waals surface area contributed by atoms with Crippen molar-refractivity contribution in [3.05, 3.63) is 60.2 Å². The predicted molar refractivity (Wildman–Crippen MR) is 94.8 cm³/mol. The quantitative estimate of drug-likeness (QED) is 0.512. The Hall–Kier alpha value is -2.56. The van der Waals surface area contributed by atoms with Gasteiger partial charge in [-0.2, -0.15) is 0 Å². The van der Waals surface area contributed by atoms with Crippen molar-refractivity contribution in [3.63, 3.8) is 0 Å². The molecule has 1 aromatic heterocycles. The maximum absolute atomic E-state index is 12.2. The van der Waals surface area contributed by atoms with Crippen molar-refractivity contribution in [3.8, 4) is 0 Å². The number of fused-ring (bicyclic) bond motifs is 2. The van der Waals surface area contributed by atoms with E-state index in [2.05, 4.69) is 14.8 Å². The summed E-state index contributed by atoms with van der Waals surface area (Å²) >= 11 is 0. The number of likely N-dealkylation sites (tertiary alicyclic amines) is 1. The first-order chi connectivity index (χ1) is 11.6. The average molecular weight is 325 g/mol. The van der Waals surface area contributed by atoms with Crippen LogP contribution in [-0.4, -0.2) is 45.9 Å². The fraction of sp³-hybridized carbons (Fsp3) is 0.368. The van der Waals surface area contributed by atoms with Gasteiger partial charge in [0.05, 0.1) is 5.57 Å². The second-order valence-corrected chi connectivity index (χ2v) is 6.14. The number of aromatic nitrogens is 1. The van der Waals surface area contributed by atoms with Gasteiger partial charge in [0.2, 0.25) is 0 Å². The van der Waals surface area contributed by atoms with Gasteiger partial charge in [-0.25, -0.2) is 4.98 Å². The van der Waals surface area contributed by atoms with Crippen LogP contribution in [0, 0.1) is 0 Å². The number of anilines is 1. The summed E-state index contributed by atoms with van der Waals surface area (Å²) in [6.07, 6.45) is 9.51. The molecule has 0 aliphatic carbocycles. The maximum atomic E-state index is 12.2. The molecule has 2 bridgehead atoms. The zero-order valence-electron chi connectivity index (χ0n) is 14.1. The van der Waals surface area contributed by atoms with E-state index in [1.165, 1.54) is 6.08 Å². The smallest absolute Gasteiger partial charge is 0.190 e. The molecule has 2 fully saturated rings. The molecule has 2 aliphatic rings. The van der Waals surface area contributed by atoms with Crippen LogP contribution in [-0.2, 0) is 4.79 Å². The first-order valence-electron chi connectivity index (χ1n) is 8.32. The van der Waals surface area contributed by atoms with Crippen LogP contribution in [0.2, 0.25) is 0 Å². The highest BCUT2D eigenvalue weighted by Gasteiger charge is 2.42. The lowest BCUT2D eigenvalue weighted by Crippen LogP contribution is -2.44. The molecule has 2 atom stereocenters. The van der Waals surface area contributed by atoms with Crippen LogP contribution >= 0.6 is 0 Å². The van der Waals surface area contributed by atoms with Gasteiger partial charge in [0.25, 0.3) is 0 Å². The van der Waals surface area contributed by atoms with E-state index >= 15 is 0 Å². The summed E-state index contributed by atoms with van der Waals surface area (Å²) < 4.78 is 0. The standard InChI is InChI=1S/C19H23N3O2/c1-3-16(17(23)4-2)18(24)8-10-21-12-15-11-14(21)13-22(15)19-7-5-6-9-20-19/h3-10,14-15,23H,11-13H2,1-2H3/b10-8+,16-3+,17-4+. The second kappa shape index (κ2) is 6.91. The lowest BCUT2D eigenvalue weighted by molar-refractivity contribution is -0.111. The highest BCUT2D eigenvalue weighted by atomic mass is 16.3. The van der Waals surface area contributed by atoms with Crippen molar-refractivity contribution in [2.75, 3.05) is 18.0 Å². The van der Waals surface area contributed by atoms with Crippen molar-refractivity contribution < 1.29 is 9.90 Å². The van der Waals surface area contributed by atoms with Crippen LogP contribution in [0.25, 0.3) is 0 Å². The van der Waals surface area contributed by atoms with Crippen molar-refractivity contribution in [2.45, 2.75) is 32.4 Å². The monoisotopic (exact) mass is 325 g/mol. The molecule has 0 saturated carbocycles. The minimum atomic E-state index is -0.169. The molecule has 3 heterocycles. The van der Waals surface area contributed by atoms with Gasteiger partial charge in [-0.15, -0.1) is 0 Å². The van der Waals surface area contributed by atoms with Crippen LogP contribution in [0.3, 0.4) is 0 Å². The molecular formula is C19H23N3O2. The Labute approximate surface area is 142 Å².